The van der Waals surface area contributed by atoms with Gasteiger partial charge >= 0.3 is 0 Å². The number of rotatable bonds is 6. The highest BCUT2D eigenvalue weighted by atomic mass is 16.3. The minimum Gasteiger partial charge on any atom is -0.395 e. The lowest BCUT2D eigenvalue weighted by molar-refractivity contribution is 0.144. The molecule has 0 amide bonds. The molecule has 15 heavy (non-hydrogen) atoms. The van der Waals surface area contributed by atoms with E-state index in [2.05, 4.69) is 23.8 Å². The summed E-state index contributed by atoms with van der Waals surface area (Å²) in [6.07, 6.45) is 5.36. The van der Waals surface area contributed by atoms with Gasteiger partial charge in [0.15, 0.2) is 0 Å². The van der Waals surface area contributed by atoms with Gasteiger partial charge in [-0.1, -0.05) is 13.3 Å². The minimum atomic E-state index is 0.286. The quantitative estimate of drug-likeness (QED) is 0.719. The second-order valence-electron chi connectivity index (χ2n) is 4.58. The van der Waals surface area contributed by atoms with Crippen LogP contribution in [0.5, 0.6) is 0 Å². The molecule has 0 spiro atoms. The number of piperidine rings is 1. The predicted molar refractivity (Wildman–Crippen MR) is 64.1 cm³/mol. The van der Waals surface area contributed by atoms with Crippen LogP contribution in [0.2, 0.25) is 0 Å². The van der Waals surface area contributed by atoms with Crippen LogP contribution >= 0.6 is 0 Å². The number of likely N-dealkylation sites (tertiary alicyclic amines) is 1. The number of likely N-dealkylation sites (N-methyl/N-ethyl adjacent to an activating group) is 1. The third kappa shape index (κ3) is 4.49. The maximum absolute atomic E-state index is 8.90. The van der Waals surface area contributed by atoms with Crippen LogP contribution in [0.15, 0.2) is 0 Å². The molecule has 0 bridgehead atoms. The van der Waals surface area contributed by atoms with Gasteiger partial charge in [-0.25, -0.2) is 0 Å². The molecule has 3 heteroatoms. The first kappa shape index (κ1) is 12.9. The van der Waals surface area contributed by atoms with E-state index in [0.29, 0.717) is 0 Å². The molecule has 0 saturated carbocycles. The molecule has 1 unspecified atom stereocenters. The summed E-state index contributed by atoms with van der Waals surface area (Å²) in [6, 6.07) is 0.770. The third-order valence-corrected chi connectivity index (χ3v) is 3.56. The lowest BCUT2D eigenvalue weighted by atomic mass is 10.00. The summed E-state index contributed by atoms with van der Waals surface area (Å²) in [4.78, 5) is 4.83. The molecule has 3 nitrogen and oxygen atoms in total. The maximum Gasteiger partial charge on any atom is 0.0558 e. The number of hydrogen-bond acceptors (Lipinski definition) is 3. The van der Waals surface area contributed by atoms with Gasteiger partial charge in [-0.2, -0.15) is 0 Å². The van der Waals surface area contributed by atoms with E-state index >= 15 is 0 Å². The van der Waals surface area contributed by atoms with E-state index in [4.69, 9.17) is 5.11 Å². The number of nitrogens with zero attached hydrogens (tertiary/aromatic N) is 2. The SMILES string of the molecule is CCN(CCO)CCC1CCCCN1C. The third-order valence-electron chi connectivity index (χ3n) is 3.56. The Bertz CT molecular complexity index is 164. The minimum absolute atomic E-state index is 0.286. The van der Waals surface area contributed by atoms with Crippen molar-refractivity contribution in [3.8, 4) is 0 Å². The van der Waals surface area contributed by atoms with Crippen molar-refractivity contribution in [2.75, 3.05) is 39.8 Å². The van der Waals surface area contributed by atoms with Crippen molar-refractivity contribution in [3.63, 3.8) is 0 Å². The van der Waals surface area contributed by atoms with Gasteiger partial charge in [0.05, 0.1) is 6.61 Å². The van der Waals surface area contributed by atoms with Crippen molar-refractivity contribution in [2.45, 2.75) is 38.6 Å². The predicted octanol–water partition coefficient (Wildman–Crippen LogP) is 1.18. The Kier molecular flexibility index (Phi) is 6.22. The van der Waals surface area contributed by atoms with Gasteiger partial charge in [0, 0.05) is 12.6 Å². The summed E-state index contributed by atoms with van der Waals surface area (Å²) >= 11 is 0. The average Bonchev–Trinajstić information content (AvgIpc) is 2.26. The molecule has 1 aliphatic heterocycles. The molecule has 1 N–H and O–H groups in total. The second-order valence-corrected chi connectivity index (χ2v) is 4.58. The fraction of sp³-hybridized carbons (Fsp3) is 1.00. The molecule has 1 heterocycles. The van der Waals surface area contributed by atoms with Crippen molar-refractivity contribution < 1.29 is 5.11 Å². The van der Waals surface area contributed by atoms with E-state index in [1.165, 1.54) is 32.2 Å². The molecule has 1 aliphatic rings. The molecule has 0 aromatic heterocycles. The highest BCUT2D eigenvalue weighted by Crippen LogP contribution is 2.17. The Labute approximate surface area is 94.1 Å². The van der Waals surface area contributed by atoms with Crippen LogP contribution in [-0.4, -0.2) is 60.8 Å². The molecular formula is C12H26N2O. The molecule has 90 valence electrons. The van der Waals surface area contributed by atoms with E-state index in [9.17, 15) is 0 Å². The first-order valence-corrected chi connectivity index (χ1v) is 6.31. The molecule has 0 aromatic rings. The Morgan fingerprint density at radius 3 is 2.73 bits per heavy atom. The summed E-state index contributed by atoms with van der Waals surface area (Å²) in [5.74, 6) is 0. The molecule has 0 aliphatic carbocycles. The van der Waals surface area contributed by atoms with Crippen LogP contribution in [0, 0.1) is 0 Å². The van der Waals surface area contributed by atoms with Gasteiger partial charge in [-0.3, -0.25) is 0 Å². The van der Waals surface area contributed by atoms with E-state index in [0.717, 1.165) is 25.7 Å². The van der Waals surface area contributed by atoms with Crippen molar-refractivity contribution >= 4 is 0 Å². The second kappa shape index (κ2) is 7.20. The van der Waals surface area contributed by atoms with Crippen molar-refractivity contribution in [1.82, 2.24) is 9.80 Å². The van der Waals surface area contributed by atoms with Crippen LogP contribution < -0.4 is 0 Å². The molecular weight excluding hydrogens is 188 g/mol. The fourth-order valence-electron chi connectivity index (χ4n) is 2.41. The molecule has 1 fully saturated rings. The highest BCUT2D eigenvalue weighted by molar-refractivity contribution is 4.75. The Balaban J connectivity index is 2.21. The zero-order valence-corrected chi connectivity index (χ0v) is 10.3. The summed E-state index contributed by atoms with van der Waals surface area (Å²) < 4.78 is 0. The smallest absolute Gasteiger partial charge is 0.0558 e. The molecule has 0 aromatic carbocycles. The standard InChI is InChI=1S/C12H26N2O/c1-3-14(10-11-15)9-7-12-6-4-5-8-13(12)2/h12,15H,3-11H2,1-2H3. The molecule has 1 rings (SSSR count). The fourth-order valence-corrected chi connectivity index (χ4v) is 2.41. The monoisotopic (exact) mass is 214 g/mol. The lowest BCUT2D eigenvalue weighted by Crippen LogP contribution is -2.39. The Morgan fingerprint density at radius 2 is 2.13 bits per heavy atom. The summed E-state index contributed by atoms with van der Waals surface area (Å²) in [6.45, 7) is 6.72. The summed E-state index contributed by atoms with van der Waals surface area (Å²) in [5.41, 5.74) is 0. The highest BCUT2D eigenvalue weighted by Gasteiger charge is 2.18. The zero-order valence-electron chi connectivity index (χ0n) is 10.3. The molecule has 1 saturated heterocycles. The van der Waals surface area contributed by atoms with Gasteiger partial charge in [-0.05, 0) is 45.9 Å². The number of aliphatic hydroxyl groups excluding tert-OH is 1. The van der Waals surface area contributed by atoms with Crippen molar-refractivity contribution in [2.24, 2.45) is 0 Å². The van der Waals surface area contributed by atoms with E-state index in [1.54, 1.807) is 0 Å². The lowest BCUT2D eigenvalue weighted by Gasteiger charge is -2.33. The summed E-state index contributed by atoms with van der Waals surface area (Å²) in [7, 11) is 2.24. The van der Waals surface area contributed by atoms with E-state index in [1.807, 2.05) is 0 Å². The Morgan fingerprint density at radius 1 is 1.33 bits per heavy atom. The normalized spacial score (nSPS) is 23.6. The van der Waals surface area contributed by atoms with Crippen LogP contribution in [-0.2, 0) is 0 Å². The van der Waals surface area contributed by atoms with Gasteiger partial charge in [-0.15, -0.1) is 0 Å². The zero-order chi connectivity index (χ0) is 11.1. The number of hydrogen-bond donors (Lipinski definition) is 1. The van der Waals surface area contributed by atoms with Crippen molar-refractivity contribution in [1.29, 1.82) is 0 Å². The topological polar surface area (TPSA) is 26.7 Å². The van der Waals surface area contributed by atoms with Gasteiger partial charge in [0.25, 0.3) is 0 Å². The average molecular weight is 214 g/mol. The summed E-state index contributed by atoms with van der Waals surface area (Å²) in [5, 5.41) is 8.90. The van der Waals surface area contributed by atoms with Crippen LogP contribution in [0.1, 0.15) is 32.6 Å². The van der Waals surface area contributed by atoms with Gasteiger partial charge in [0.2, 0.25) is 0 Å². The maximum atomic E-state index is 8.90. The largest absolute Gasteiger partial charge is 0.395 e. The first-order valence-electron chi connectivity index (χ1n) is 6.31. The van der Waals surface area contributed by atoms with Crippen LogP contribution in [0.25, 0.3) is 0 Å². The van der Waals surface area contributed by atoms with Gasteiger partial charge in [0.1, 0.15) is 0 Å². The number of aliphatic hydroxyl groups is 1. The molecule has 1 atom stereocenters. The van der Waals surface area contributed by atoms with E-state index in [-0.39, 0.29) is 6.61 Å². The van der Waals surface area contributed by atoms with Crippen LogP contribution in [0.3, 0.4) is 0 Å². The first-order chi connectivity index (χ1) is 7.27. The van der Waals surface area contributed by atoms with Crippen LogP contribution in [0.4, 0.5) is 0 Å². The van der Waals surface area contributed by atoms with E-state index < -0.39 is 0 Å². The van der Waals surface area contributed by atoms with Gasteiger partial charge < -0.3 is 14.9 Å². The molecule has 0 radical (unpaired) electrons. The van der Waals surface area contributed by atoms with Crippen molar-refractivity contribution in [3.05, 3.63) is 0 Å². The Hall–Kier alpha value is -0.120.